The van der Waals surface area contributed by atoms with E-state index in [1.54, 1.807) is 4.68 Å². The molecule has 70 heavy (non-hydrogen) atoms. The quantitative estimate of drug-likeness (QED) is 0.0836. The highest BCUT2D eigenvalue weighted by Gasteiger charge is 2.50. The van der Waals surface area contributed by atoms with Gasteiger partial charge in [-0.3, -0.25) is 29.4 Å². The van der Waals surface area contributed by atoms with E-state index in [9.17, 15) is 19.5 Å². The highest BCUT2D eigenvalue weighted by Crippen LogP contribution is 2.56. The molecule has 1 saturated carbocycles. The number of anilines is 1. The number of piperidine rings is 1. The number of benzene rings is 4. The molecule has 4 amide bonds. The number of likely N-dealkylation sites (tertiary alicyclic amines) is 1. The standard InChI is InChI=1S/C51H54ClF2N9O7/c1-28-42-39(25-36(53)45(52)44(42)43-35(47(55)66)14-15-38(46(43)54)68-23-22-64)69-51(28,32-6-4-3-5-7-32)27-56-33-11-8-30(9-12-33)49-57-40(60-70-49)26-62-19-16-29(17-20-62)31-10-13-34-37(24-31)61(2)59-48(34)63-21-18-41(65)58-50(63)67/h3-7,10,13-15,24-25,28-30,33,56,64H,8-9,11-12,16-23,26-27H2,1-2H3,(H2,55,66)(H,58,65,67)/t28-,30?,33?,51-/m0/s1. The minimum Gasteiger partial charge on any atom is -0.488 e. The Hall–Kier alpha value is -6.47. The van der Waals surface area contributed by atoms with Crippen molar-refractivity contribution in [1.82, 2.24) is 35.5 Å². The molecule has 6 aromatic rings. The van der Waals surface area contributed by atoms with Crippen molar-refractivity contribution in [1.29, 1.82) is 0 Å². The molecule has 5 N–H and O–H groups in total. The number of imide groups is 1. The highest BCUT2D eigenvalue weighted by molar-refractivity contribution is 6.34. The van der Waals surface area contributed by atoms with E-state index in [1.165, 1.54) is 28.7 Å². The molecule has 4 aliphatic rings. The smallest absolute Gasteiger partial charge is 0.329 e. The van der Waals surface area contributed by atoms with E-state index in [-0.39, 0.29) is 65.7 Å². The van der Waals surface area contributed by atoms with Crippen LogP contribution >= 0.6 is 11.6 Å². The van der Waals surface area contributed by atoms with E-state index in [1.807, 2.05) is 50.4 Å². The Balaban J connectivity index is 0.780. The first-order chi connectivity index (χ1) is 33.8. The Morgan fingerprint density at radius 1 is 1.00 bits per heavy atom. The molecule has 1 aliphatic carbocycles. The van der Waals surface area contributed by atoms with Crippen molar-refractivity contribution in [2.75, 3.05) is 44.3 Å². The van der Waals surface area contributed by atoms with Crippen LogP contribution in [-0.2, 0) is 24.0 Å². The number of urea groups is 1. The highest BCUT2D eigenvalue weighted by atomic mass is 35.5. The van der Waals surface area contributed by atoms with Gasteiger partial charge in [0.25, 0.3) is 0 Å². The summed E-state index contributed by atoms with van der Waals surface area (Å²) in [5, 5.41) is 25.0. The molecule has 366 valence electrons. The number of primary amides is 1. The zero-order chi connectivity index (χ0) is 48.8. The molecule has 0 bridgehead atoms. The van der Waals surface area contributed by atoms with Crippen LogP contribution in [0.1, 0.15) is 108 Å². The normalized spacial score (nSPS) is 22.0. The third-order valence-corrected chi connectivity index (χ3v) is 15.1. The van der Waals surface area contributed by atoms with E-state index < -0.39 is 40.1 Å². The molecule has 3 fully saturated rings. The molecule has 16 nitrogen and oxygen atoms in total. The van der Waals surface area contributed by atoms with Crippen molar-refractivity contribution in [3.8, 4) is 22.6 Å². The van der Waals surface area contributed by atoms with E-state index in [2.05, 4.69) is 37.9 Å². The lowest BCUT2D eigenvalue weighted by Crippen LogP contribution is -2.49. The number of fused-ring (bicyclic) bond motifs is 2. The first-order valence-electron chi connectivity index (χ1n) is 23.8. The fraction of sp³-hybridized carbons (Fsp3) is 0.412. The molecule has 4 aromatic carbocycles. The summed E-state index contributed by atoms with van der Waals surface area (Å²) in [4.78, 5) is 45.8. The van der Waals surface area contributed by atoms with Crippen LogP contribution in [0.4, 0.5) is 19.4 Å². The Morgan fingerprint density at radius 3 is 2.50 bits per heavy atom. The summed E-state index contributed by atoms with van der Waals surface area (Å²) >= 11 is 6.72. The fourth-order valence-corrected chi connectivity index (χ4v) is 11.2. The predicted molar refractivity (Wildman–Crippen MR) is 256 cm³/mol. The van der Waals surface area contributed by atoms with Gasteiger partial charge in [0.1, 0.15) is 18.2 Å². The van der Waals surface area contributed by atoms with Crippen molar-refractivity contribution in [3.63, 3.8) is 0 Å². The summed E-state index contributed by atoms with van der Waals surface area (Å²) in [5.41, 5.74) is 7.51. The number of nitrogens with zero attached hydrogens (tertiary/aromatic N) is 6. The largest absolute Gasteiger partial charge is 0.488 e. The van der Waals surface area contributed by atoms with Gasteiger partial charge in [0, 0.05) is 72.6 Å². The molecule has 5 heterocycles. The molecule has 10 rings (SSSR count). The maximum atomic E-state index is 16.5. The molecule has 2 saturated heterocycles. The third kappa shape index (κ3) is 8.75. The SMILES string of the molecule is C[C@H]1c2c(cc(F)c(Cl)c2-c2c(C(N)=O)ccc(OCCO)c2F)O[C@]1(CNC1CCC(c2nc(CN3CCC(c4ccc5c(N6CCC(=O)NC6=O)nn(C)c5c4)CC3)no2)CC1)c1ccccc1. The van der Waals surface area contributed by atoms with Gasteiger partial charge >= 0.3 is 6.03 Å². The topological polar surface area (TPSA) is 203 Å². The van der Waals surface area contributed by atoms with Crippen LogP contribution in [0.2, 0.25) is 5.02 Å². The summed E-state index contributed by atoms with van der Waals surface area (Å²) in [6, 6.07) is 19.3. The number of nitrogens with one attached hydrogen (secondary N) is 2. The molecule has 2 aromatic heterocycles. The number of aliphatic hydroxyl groups is 1. The predicted octanol–water partition coefficient (Wildman–Crippen LogP) is 7.56. The maximum Gasteiger partial charge on any atom is 0.329 e. The second kappa shape index (κ2) is 19.4. The van der Waals surface area contributed by atoms with Gasteiger partial charge in [0.05, 0.1) is 29.3 Å². The van der Waals surface area contributed by atoms with E-state index in [0.29, 0.717) is 48.6 Å². The van der Waals surface area contributed by atoms with Crippen LogP contribution in [0, 0.1) is 11.6 Å². The minimum atomic E-state index is -1.09. The number of rotatable bonds is 14. The van der Waals surface area contributed by atoms with E-state index in [0.717, 1.165) is 68.1 Å². The Bertz CT molecular complexity index is 2970. The van der Waals surface area contributed by atoms with Crippen molar-refractivity contribution < 1.29 is 42.3 Å². The van der Waals surface area contributed by atoms with Crippen LogP contribution in [0.5, 0.6) is 11.5 Å². The maximum absolute atomic E-state index is 16.5. The second-order valence-electron chi connectivity index (χ2n) is 18.8. The third-order valence-electron chi connectivity index (χ3n) is 14.7. The summed E-state index contributed by atoms with van der Waals surface area (Å²) in [6.07, 6.45) is 5.45. The molecule has 0 spiro atoms. The molecule has 3 aliphatic heterocycles. The molecule has 2 atom stereocenters. The summed E-state index contributed by atoms with van der Waals surface area (Å²) in [7, 11) is 1.87. The number of ether oxygens (including phenoxy) is 2. The summed E-state index contributed by atoms with van der Waals surface area (Å²) < 4.78 is 52.2. The Labute approximate surface area is 407 Å². The van der Waals surface area contributed by atoms with Gasteiger partial charge in [-0.15, -0.1) is 0 Å². The van der Waals surface area contributed by atoms with E-state index >= 15 is 8.78 Å². The molecule has 19 heteroatoms. The number of amides is 4. The zero-order valence-corrected chi connectivity index (χ0v) is 39.6. The second-order valence-corrected chi connectivity index (χ2v) is 19.2. The molecular weight excluding hydrogens is 924 g/mol. The zero-order valence-electron chi connectivity index (χ0n) is 38.9. The van der Waals surface area contributed by atoms with E-state index in [4.69, 9.17) is 36.3 Å². The van der Waals surface area contributed by atoms with Gasteiger partial charge in [-0.05, 0) is 92.9 Å². The Kier molecular flexibility index (Phi) is 13.1. The lowest BCUT2D eigenvalue weighted by atomic mass is 9.77. The number of carbonyl (C=O) groups is 3. The lowest BCUT2D eigenvalue weighted by Gasteiger charge is -2.37. The number of aliphatic hydroxyl groups excluding tert-OH is 1. The first-order valence-corrected chi connectivity index (χ1v) is 24.2. The minimum absolute atomic E-state index is 0.0473. The number of halogens is 3. The fourth-order valence-electron chi connectivity index (χ4n) is 10.9. The van der Waals surface area contributed by atoms with Crippen molar-refractivity contribution in [2.45, 2.75) is 87.8 Å². The number of nitrogens with two attached hydrogens (primary N) is 1. The van der Waals surface area contributed by atoms with Crippen LogP contribution in [0.3, 0.4) is 0 Å². The first kappa shape index (κ1) is 47.2. The number of aromatic nitrogens is 4. The number of hydrogen-bond donors (Lipinski definition) is 4. The van der Waals surface area contributed by atoms with Crippen molar-refractivity contribution in [3.05, 3.63) is 117 Å². The molecule has 0 radical (unpaired) electrons. The van der Waals surface area contributed by atoms with Crippen LogP contribution in [-0.4, -0.2) is 93.2 Å². The summed E-state index contributed by atoms with van der Waals surface area (Å²) in [6.45, 7) is 4.28. The van der Waals surface area contributed by atoms with Gasteiger partial charge in [0.15, 0.2) is 28.8 Å². The number of carbonyl (C=O) groups excluding carboxylic acids is 3. The number of aryl methyl sites for hydroxylation is 1. The average Bonchev–Trinajstić information content (AvgIpc) is 4.05. The number of hydrogen-bond acceptors (Lipinski definition) is 12. The summed E-state index contributed by atoms with van der Waals surface area (Å²) in [5.74, 6) is -1.34. The van der Waals surface area contributed by atoms with Crippen LogP contribution < -0.4 is 30.7 Å². The van der Waals surface area contributed by atoms with Gasteiger partial charge in [-0.25, -0.2) is 13.6 Å². The van der Waals surface area contributed by atoms with Crippen molar-refractivity contribution in [2.24, 2.45) is 12.8 Å². The molecule has 0 unspecified atom stereocenters. The van der Waals surface area contributed by atoms with Gasteiger partial charge in [-0.2, -0.15) is 10.1 Å². The van der Waals surface area contributed by atoms with Gasteiger partial charge in [-0.1, -0.05) is 60.1 Å². The van der Waals surface area contributed by atoms with Crippen LogP contribution in [0.15, 0.2) is 71.3 Å². The average molecular weight is 978 g/mol. The lowest BCUT2D eigenvalue weighted by molar-refractivity contribution is -0.120. The van der Waals surface area contributed by atoms with Crippen molar-refractivity contribution >= 4 is 46.2 Å². The van der Waals surface area contributed by atoms with Crippen LogP contribution in [0.25, 0.3) is 22.0 Å². The monoisotopic (exact) mass is 977 g/mol. The molecular formula is C51H54ClF2N9O7. The Morgan fingerprint density at radius 2 is 1.77 bits per heavy atom. The van der Waals surface area contributed by atoms with Gasteiger partial charge < -0.3 is 30.2 Å². The van der Waals surface area contributed by atoms with Gasteiger partial charge in [0.2, 0.25) is 17.7 Å².